The second-order valence-corrected chi connectivity index (χ2v) is 7.05. The molecule has 0 radical (unpaired) electrons. The molecule has 1 aliphatic heterocycles. The van der Waals surface area contributed by atoms with E-state index in [1.165, 1.54) is 0 Å². The molecule has 1 amide bonds. The van der Waals surface area contributed by atoms with Gasteiger partial charge in [-0.25, -0.2) is 0 Å². The lowest BCUT2D eigenvalue weighted by Crippen LogP contribution is -2.52. The molecule has 5 nitrogen and oxygen atoms in total. The first kappa shape index (κ1) is 16.8. The van der Waals surface area contributed by atoms with Gasteiger partial charge in [0, 0.05) is 17.3 Å². The molecule has 1 aromatic heterocycles. The first-order valence-electron chi connectivity index (χ1n) is 8.34. The van der Waals surface area contributed by atoms with E-state index in [4.69, 9.17) is 16.3 Å². The first-order valence-corrected chi connectivity index (χ1v) is 8.72. The highest BCUT2D eigenvalue weighted by atomic mass is 35.5. The van der Waals surface area contributed by atoms with Crippen molar-refractivity contribution in [2.45, 2.75) is 12.5 Å². The van der Waals surface area contributed by atoms with Crippen LogP contribution in [0.5, 0.6) is 0 Å². The number of halogens is 1. The molecule has 1 aliphatic rings. The fourth-order valence-corrected chi connectivity index (χ4v) is 3.38. The van der Waals surface area contributed by atoms with Crippen LogP contribution in [0.15, 0.2) is 54.7 Å². The zero-order valence-electron chi connectivity index (χ0n) is 14.3. The maximum absolute atomic E-state index is 11.7. The van der Waals surface area contributed by atoms with Gasteiger partial charge in [0.15, 0.2) is 0 Å². The second kappa shape index (κ2) is 6.59. The third-order valence-corrected chi connectivity index (χ3v) is 4.70. The molecule has 132 valence electrons. The molecule has 2 heterocycles. The summed E-state index contributed by atoms with van der Waals surface area (Å²) in [6.07, 6.45) is 1.64. The number of ether oxygens (including phenoxy) is 1. The molecule has 2 aromatic carbocycles. The van der Waals surface area contributed by atoms with Crippen molar-refractivity contribution in [2.75, 3.05) is 18.5 Å². The van der Waals surface area contributed by atoms with Gasteiger partial charge in [-0.3, -0.25) is 9.78 Å². The van der Waals surface area contributed by atoms with Crippen molar-refractivity contribution in [3.8, 4) is 0 Å². The molecule has 0 spiro atoms. The molecule has 0 aliphatic carbocycles. The minimum atomic E-state index is -0.544. The Bertz CT molecular complexity index is 992. The molecule has 6 heteroatoms. The zero-order valence-corrected chi connectivity index (χ0v) is 15.0. The average molecular weight is 368 g/mol. The Kier molecular flexibility index (Phi) is 4.26. The van der Waals surface area contributed by atoms with E-state index in [-0.39, 0.29) is 12.5 Å². The fraction of sp³-hybridized carbons (Fsp3) is 0.200. The number of benzene rings is 2. The second-order valence-electron chi connectivity index (χ2n) is 6.61. The van der Waals surface area contributed by atoms with E-state index in [1.807, 2.05) is 55.5 Å². The highest BCUT2D eigenvalue weighted by Crippen LogP contribution is 2.30. The number of pyridine rings is 1. The van der Waals surface area contributed by atoms with E-state index >= 15 is 0 Å². The van der Waals surface area contributed by atoms with Crippen LogP contribution in [-0.4, -0.2) is 24.1 Å². The zero-order chi connectivity index (χ0) is 18.1. The summed E-state index contributed by atoms with van der Waals surface area (Å²) in [5.74, 6) is -0.104. The van der Waals surface area contributed by atoms with Gasteiger partial charge in [0.25, 0.3) is 0 Å². The Morgan fingerprint density at radius 2 is 2.08 bits per heavy atom. The van der Waals surface area contributed by atoms with Crippen molar-refractivity contribution in [1.29, 1.82) is 0 Å². The molecule has 0 saturated carbocycles. The van der Waals surface area contributed by atoms with Crippen LogP contribution in [0.1, 0.15) is 12.5 Å². The quantitative estimate of drug-likeness (QED) is 0.734. The van der Waals surface area contributed by atoms with Gasteiger partial charge in [-0.2, -0.15) is 0 Å². The van der Waals surface area contributed by atoms with E-state index in [2.05, 4.69) is 15.6 Å². The molecule has 0 bridgehead atoms. The molecule has 4 rings (SSSR count). The maximum atomic E-state index is 11.7. The van der Waals surface area contributed by atoms with Crippen molar-refractivity contribution in [2.24, 2.45) is 0 Å². The summed E-state index contributed by atoms with van der Waals surface area (Å²) in [5, 5.41) is 8.01. The van der Waals surface area contributed by atoms with E-state index < -0.39 is 5.54 Å². The highest BCUT2D eigenvalue weighted by Gasteiger charge is 2.32. The van der Waals surface area contributed by atoms with E-state index in [0.29, 0.717) is 11.6 Å². The Morgan fingerprint density at radius 1 is 1.23 bits per heavy atom. The summed E-state index contributed by atoms with van der Waals surface area (Å²) in [5.41, 5.74) is 3.09. The number of carbonyl (C=O) groups is 1. The lowest BCUT2D eigenvalue weighted by molar-refractivity contribution is -0.135. The number of aromatic nitrogens is 1. The van der Waals surface area contributed by atoms with Crippen LogP contribution < -0.4 is 10.6 Å². The van der Waals surface area contributed by atoms with Crippen molar-refractivity contribution in [3.63, 3.8) is 0 Å². The summed E-state index contributed by atoms with van der Waals surface area (Å²) < 4.78 is 5.42. The van der Waals surface area contributed by atoms with Crippen molar-refractivity contribution in [1.82, 2.24) is 10.3 Å². The molecule has 3 aromatic rings. The largest absolute Gasteiger partial charge is 0.369 e. The molecular formula is C20H18ClN3O2. The third-order valence-electron chi connectivity index (χ3n) is 4.50. The van der Waals surface area contributed by atoms with Crippen LogP contribution >= 0.6 is 11.6 Å². The Morgan fingerprint density at radius 3 is 2.92 bits per heavy atom. The van der Waals surface area contributed by atoms with Crippen molar-refractivity contribution in [3.05, 3.63) is 65.3 Å². The maximum Gasteiger partial charge on any atom is 0.246 e. The lowest BCUT2D eigenvalue weighted by atomic mass is 9.91. The summed E-state index contributed by atoms with van der Waals surface area (Å²) in [6.45, 7) is 2.51. The standard InChI is InChI=1S/C20H18ClN3O2/c1-20(12-26-11-18(25)24-20)14-5-3-6-16(9-14)23-17-7-2-4-13-8-15(21)10-22-19(13)17/h2-10,23H,11-12H2,1H3,(H,24,25). The number of carbonyl (C=O) groups excluding carboxylic acids is 1. The van der Waals surface area contributed by atoms with Gasteiger partial charge in [0.05, 0.1) is 28.4 Å². The van der Waals surface area contributed by atoms with Crippen LogP contribution in [0.3, 0.4) is 0 Å². The first-order chi connectivity index (χ1) is 12.5. The van der Waals surface area contributed by atoms with Crippen LogP contribution in [0.4, 0.5) is 11.4 Å². The highest BCUT2D eigenvalue weighted by molar-refractivity contribution is 6.31. The van der Waals surface area contributed by atoms with Gasteiger partial charge in [-0.1, -0.05) is 35.9 Å². The number of amides is 1. The molecule has 1 atom stereocenters. The third kappa shape index (κ3) is 3.23. The number of hydrogen-bond donors (Lipinski definition) is 2. The molecule has 1 fully saturated rings. The van der Waals surface area contributed by atoms with Gasteiger partial charge in [-0.05, 0) is 36.8 Å². The topological polar surface area (TPSA) is 63.3 Å². The number of morpholine rings is 1. The van der Waals surface area contributed by atoms with Crippen molar-refractivity contribution < 1.29 is 9.53 Å². The summed E-state index contributed by atoms with van der Waals surface area (Å²) >= 11 is 6.04. The number of nitrogens with one attached hydrogen (secondary N) is 2. The summed E-state index contributed by atoms with van der Waals surface area (Å²) in [4.78, 5) is 16.2. The average Bonchev–Trinajstić information content (AvgIpc) is 2.62. The van der Waals surface area contributed by atoms with E-state index in [9.17, 15) is 4.79 Å². The normalized spacial score (nSPS) is 20.0. The van der Waals surface area contributed by atoms with E-state index in [1.54, 1.807) is 6.20 Å². The van der Waals surface area contributed by atoms with Gasteiger partial charge < -0.3 is 15.4 Å². The Labute approximate surface area is 156 Å². The number of anilines is 2. The number of fused-ring (bicyclic) bond motifs is 1. The summed E-state index contributed by atoms with van der Waals surface area (Å²) in [7, 11) is 0. The van der Waals surface area contributed by atoms with Crippen LogP contribution in [-0.2, 0) is 15.1 Å². The lowest BCUT2D eigenvalue weighted by Gasteiger charge is -2.35. The minimum Gasteiger partial charge on any atom is -0.369 e. The molecule has 1 unspecified atom stereocenters. The number of para-hydroxylation sites is 1. The molecule has 1 saturated heterocycles. The van der Waals surface area contributed by atoms with Crippen LogP contribution in [0.25, 0.3) is 10.9 Å². The van der Waals surface area contributed by atoms with E-state index in [0.717, 1.165) is 27.8 Å². The number of rotatable bonds is 3. The van der Waals surface area contributed by atoms with Gasteiger partial charge in [0.1, 0.15) is 6.61 Å². The Balaban J connectivity index is 1.67. The molecule has 2 N–H and O–H groups in total. The van der Waals surface area contributed by atoms with Gasteiger partial charge in [-0.15, -0.1) is 0 Å². The van der Waals surface area contributed by atoms with Gasteiger partial charge >= 0.3 is 0 Å². The van der Waals surface area contributed by atoms with Crippen LogP contribution in [0.2, 0.25) is 5.02 Å². The Hall–Kier alpha value is -2.63. The summed E-state index contributed by atoms with van der Waals surface area (Å²) in [6, 6.07) is 15.7. The van der Waals surface area contributed by atoms with Crippen molar-refractivity contribution >= 4 is 39.8 Å². The predicted octanol–water partition coefficient (Wildman–Crippen LogP) is 3.99. The molecular weight excluding hydrogens is 350 g/mol. The number of hydrogen-bond acceptors (Lipinski definition) is 4. The van der Waals surface area contributed by atoms with Crippen LogP contribution in [0, 0.1) is 0 Å². The minimum absolute atomic E-state index is 0.104. The fourth-order valence-electron chi connectivity index (χ4n) is 3.21. The van der Waals surface area contributed by atoms with Gasteiger partial charge in [0.2, 0.25) is 5.91 Å². The monoisotopic (exact) mass is 367 g/mol. The smallest absolute Gasteiger partial charge is 0.246 e. The predicted molar refractivity (Wildman–Crippen MR) is 103 cm³/mol. The SMILES string of the molecule is CC1(c2cccc(Nc3cccc4cc(Cl)cnc34)c2)COCC(=O)N1. The number of nitrogens with zero attached hydrogens (tertiary/aromatic N) is 1. The molecule has 26 heavy (non-hydrogen) atoms.